The van der Waals surface area contributed by atoms with Gasteiger partial charge in [0.2, 0.25) is 0 Å². The van der Waals surface area contributed by atoms with E-state index in [-0.39, 0.29) is 28.0 Å². The molecule has 1 fully saturated rings. The Morgan fingerprint density at radius 1 is 1.15 bits per heavy atom. The number of benzene rings is 2. The zero-order chi connectivity index (χ0) is 23.5. The maximum atomic E-state index is 13.1. The van der Waals surface area contributed by atoms with Crippen molar-refractivity contribution >= 4 is 63.6 Å². The Morgan fingerprint density at radius 3 is 2.61 bits per heavy atom. The van der Waals surface area contributed by atoms with E-state index in [1.165, 1.54) is 18.3 Å². The molecule has 33 heavy (non-hydrogen) atoms. The molecule has 2 aliphatic heterocycles. The summed E-state index contributed by atoms with van der Waals surface area (Å²) in [5, 5.41) is 14.9. The average Bonchev–Trinajstić information content (AvgIpc) is 3.26. The lowest BCUT2D eigenvalue weighted by atomic mass is 10.1. The van der Waals surface area contributed by atoms with Crippen LogP contribution < -0.4 is 5.01 Å². The van der Waals surface area contributed by atoms with Gasteiger partial charge in [0, 0.05) is 6.20 Å². The van der Waals surface area contributed by atoms with E-state index >= 15 is 0 Å². The summed E-state index contributed by atoms with van der Waals surface area (Å²) in [4.78, 5) is 40.1. The highest BCUT2D eigenvalue weighted by atomic mass is 32.2. The molecule has 8 nitrogen and oxygen atoms in total. The molecule has 4 rings (SSSR count). The Kier molecular flexibility index (Phi) is 6.38. The van der Waals surface area contributed by atoms with Crippen molar-refractivity contribution in [1.29, 1.82) is 0 Å². The Balaban J connectivity index is 1.69. The SMILES string of the molecule is CCOC(=O)C1=NN(c2ccccc2)C(=O)/C1=C\N1C(=O)/C(=C/c2cccc(O)c2)SC1=S. The van der Waals surface area contributed by atoms with Crippen LogP contribution in [0.2, 0.25) is 0 Å². The van der Waals surface area contributed by atoms with Crippen LogP contribution in [0, 0.1) is 0 Å². The van der Waals surface area contributed by atoms with Crippen LogP contribution in [0.1, 0.15) is 12.5 Å². The fourth-order valence-corrected chi connectivity index (χ4v) is 4.32. The molecule has 0 aromatic heterocycles. The molecule has 0 atom stereocenters. The van der Waals surface area contributed by atoms with Crippen LogP contribution in [-0.4, -0.2) is 44.4 Å². The van der Waals surface area contributed by atoms with Gasteiger partial charge in [0.25, 0.3) is 11.8 Å². The highest BCUT2D eigenvalue weighted by Crippen LogP contribution is 2.34. The van der Waals surface area contributed by atoms with Crippen molar-refractivity contribution in [3.05, 3.63) is 76.8 Å². The molecule has 166 valence electrons. The van der Waals surface area contributed by atoms with E-state index in [0.29, 0.717) is 16.2 Å². The van der Waals surface area contributed by atoms with Crippen LogP contribution in [0.25, 0.3) is 6.08 Å². The molecular weight excluding hydrogens is 462 g/mol. The number of aromatic hydroxyl groups is 1. The summed E-state index contributed by atoms with van der Waals surface area (Å²) in [5.41, 5.74) is 0.759. The van der Waals surface area contributed by atoms with E-state index < -0.39 is 17.8 Å². The van der Waals surface area contributed by atoms with Crippen LogP contribution in [0.15, 0.2) is 76.4 Å². The van der Waals surface area contributed by atoms with Crippen LogP contribution in [0.4, 0.5) is 5.69 Å². The molecule has 0 saturated carbocycles. The van der Waals surface area contributed by atoms with Gasteiger partial charge in [0.05, 0.1) is 22.8 Å². The van der Waals surface area contributed by atoms with Gasteiger partial charge in [-0.1, -0.05) is 54.3 Å². The van der Waals surface area contributed by atoms with Crippen molar-refractivity contribution in [3.8, 4) is 5.75 Å². The van der Waals surface area contributed by atoms with Crippen molar-refractivity contribution in [1.82, 2.24) is 4.90 Å². The summed E-state index contributed by atoms with van der Waals surface area (Å²) >= 11 is 6.39. The number of thiocarbonyl (C=S) groups is 1. The van der Waals surface area contributed by atoms with Gasteiger partial charge in [0.1, 0.15) is 5.75 Å². The first kappa shape index (κ1) is 22.4. The standard InChI is InChI=1S/C23H17N3O5S2/c1-2-31-22(30)19-17(20(28)26(24-19)15-8-4-3-5-9-15)13-25-21(29)18(33-23(25)32)12-14-7-6-10-16(27)11-14/h3-13,27H,2H2,1H3/b17-13-,18-12-. The lowest BCUT2D eigenvalue weighted by Gasteiger charge is -2.12. The molecule has 2 aromatic rings. The largest absolute Gasteiger partial charge is 0.508 e. The summed E-state index contributed by atoms with van der Waals surface area (Å²) in [6.07, 6.45) is 2.81. The third-order valence-electron chi connectivity index (χ3n) is 4.60. The minimum absolute atomic E-state index is 0.0641. The number of thioether (sulfide) groups is 1. The van der Waals surface area contributed by atoms with Crippen LogP contribution in [-0.2, 0) is 19.1 Å². The van der Waals surface area contributed by atoms with Crippen LogP contribution >= 0.6 is 24.0 Å². The minimum Gasteiger partial charge on any atom is -0.508 e. The molecule has 2 heterocycles. The lowest BCUT2D eigenvalue weighted by molar-refractivity contribution is -0.135. The topological polar surface area (TPSA) is 99.5 Å². The van der Waals surface area contributed by atoms with E-state index in [1.54, 1.807) is 55.5 Å². The highest BCUT2D eigenvalue weighted by Gasteiger charge is 2.39. The Hall–Kier alpha value is -3.76. The highest BCUT2D eigenvalue weighted by molar-refractivity contribution is 8.26. The van der Waals surface area contributed by atoms with Crippen molar-refractivity contribution in [2.45, 2.75) is 6.92 Å². The Morgan fingerprint density at radius 2 is 1.91 bits per heavy atom. The molecular formula is C23H17N3O5S2. The van der Waals surface area contributed by atoms with E-state index in [2.05, 4.69) is 5.10 Å². The fourth-order valence-electron chi connectivity index (χ4n) is 3.11. The third-order valence-corrected chi connectivity index (χ3v) is 5.93. The van der Waals surface area contributed by atoms with Crippen LogP contribution in [0.5, 0.6) is 5.75 Å². The van der Waals surface area contributed by atoms with Crippen molar-refractivity contribution in [3.63, 3.8) is 0 Å². The number of carbonyl (C=O) groups is 3. The summed E-state index contributed by atoms with van der Waals surface area (Å²) in [6.45, 7) is 1.74. The molecule has 0 aliphatic carbocycles. The van der Waals surface area contributed by atoms with Gasteiger partial charge in [-0.2, -0.15) is 10.1 Å². The van der Waals surface area contributed by atoms with Gasteiger partial charge >= 0.3 is 5.97 Å². The molecule has 10 heteroatoms. The number of hydrogen-bond donors (Lipinski definition) is 1. The number of hydrazone groups is 1. The maximum absolute atomic E-state index is 13.1. The van der Waals surface area contributed by atoms with Crippen molar-refractivity contribution in [2.24, 2.45) is 5.10 Å². The van der Waals surface area contributed by atoms with E-state index in [9.17, 15) is 19.5 Å². The number of amides is 2. The molecule has 0 radical (unpaired) electrons. The molecule has 0 bridgehead atoms. The number of para-hydroxylation sites is 1. The Bertz CT molecular complexity index is 1250. The molecule has 2 aliphatic rings. The normalized spacial score (nSPS) is 18.5. The molecule has 2 amide bonds. The second-order valence-electron chi connectivity index (χ2n) is 6.81. The predicted octanol–water partition coefficient (Wildman–Crippen LogP) is 3.44. The number of nitrogens with zero attached hydrogens (tertiary/aromatic N) is 3. The number of hydrogen-bond acceptors (Lipinski definition) is 8. The van der Waals surface area contributed by atoms with Crippen LogP contribution in [0.3, 0.4) is 0 Å². The zero-order valence-electron chi connectivity index (χ0n) is 17.3. The zero-order valence-corrected chi connectivity index (χ0v) is 18.9. The molecule has 0 spiro atoms. The predicted molar refractivity (Wildman–Crippen MR) is 129 cm³/mol. The van der Waals surface area contributed by atoms with Gasteiger partial charge < -0.3 is 9.84 Å². The van der Waals surface area contributed by atoms with Gasteiger partial charge in [-0.05, 0) is 42.8 Å². The van der Waals surface area contributed by atoms with E-state index in [0.717, 1.165) is 21.7 Å². The van der Waals surface area contributed by atoms with Gasteiger partial charge in [-0.3, -0.25) is 14.5 Å². The summed E-state index contributed by atoms with van der Waals surface area (Å²) in [6, 6.07) is 15.0. The maximum Gasteiger partial charge on any atom is 0.359 e. The lowest BCUT2D eigenvalue weighted by Crippen LogP contribution is -2.28. The van der Waals surface area contributed by atoms with Crippen molar-refractivity contribution in [2.75, 3.05) is 11.6 Å². The van der Waals surface area contributed by atoms with Crippen molar-refractivity contribution < 1.29 is 24.2 Å². The second-order valence-corrected chi connectivity index (χ2v) is 8.49. The number of phenols is 1. The summed E-state index contributed by atoms with van der Waals surface area (Å²) < 4.78 is 5.24. The van der Waals surface area contributed by atoms with Gasteiger partial charge in [0.15, 0.2) is 10.0 Å². The number of phenolic OH excluding ortho intramolecular Hbond substituents is 1. The second kappa shape index (κ2) is 9.39. The average molecular weight is 480 g/mol. The molecule has 0 unspecified atom stereocenters. The van der Waals surface area contributed by atoms with Gasteiger partial charge in [-0.25, -0.2) is 4.79 Å². The summed E-state index contributed by atoms with van der Waals surface area (Å²) in [7, 11) is 0. The van der Waals surface area contributed by atoms with E-state index in [1.807, 2.05) is 0 Å². The number of esters is 1. The molecule has 1 saturated heterocycles. The third kappa shape index (κ3) is 4.57. The molecule has 2 aromatic carbocycles. The minimum atomic E-state index is -0.781. The number of anilines is 1. The first-order valence-electron chi connectivity index (χ1n) is 9.82. The van der Waals surface area contributed by atoms with Gasteiger partial charge in [-0.15, -0.1) is 0 Å². The first-order valence-corrected chi connectivity index (χ1v) is 11.0. The van der Waals surface area contributed by atoms with E-state index in [4.69, 9.17) is 17.0 Å². The number of ether oxygens (including phenoxy) is 1. The number of carbonyl (C=O) groups excluding carboxylic acids is 3. The first-order chi connectivity index (χ1) is 15.9. The summed E-state index contributed by atoms with van der Waals surface area (Å²) in [5.74, 6) is -1.77. The number of rotatable bonds is 5. The smallest absolute Gasteiger partial charge is 0.359 e. The monoisotopic (exact) mass is 479 g/mol. The fraction of sp³-hybridized carbons (Fsp3) is 0.0870. The quantitative estimate of drug-likeness (QED) is 0.398. The Labute approximate surface area is 198 Å². The molecule has 1 N–H and O–H groups in total.